The SMILES string of the molecule is CC(=O)N=S(=O)(c1ccc(Br)cc1)C(F)(F)F. The van der Waals surface area contributed by atoms with E-state index in [0.717, 1.165) is 19.1 Å². The van der Waals surface area contributed by atoms with Crippen molar-refractivity contribution in [3.63, 3.8) is 0 Å². The first kappa shape index (κ1) is 14.2. The van der Waals surface area contributed by atoms with Gasteiger partial charge in [-0.2, -0.15) is 17.5 Å². The van der Waals surface area contributed by atoms with Crippen molar-refractivity contribution in [2.24, 2.45) is 4.36 Å². The molecule has 94 valence electrons. The van der Waals surface area contributed by atoms with Crippen molar-refractivity contribution in [2.45, 2.75) is 17.3 Å². The molecule has 0 heterocycles. The zero-order chi connectivity index (χ0) is 13.3. The maximum atomic E-state index is 12.7. The van der Waals surface area contributed by atoms with Crippen LogP contribution < -0.4 is 0 Å². The van der Waals surface area contributed by atoms with Gasteiger partial charge in [0.25, 0.3) is 5.91 Å². The lowest BCUT2D eigenvalue weighted by Gasteiger charge is -2.12. The molecule has 1 aromatic rings. The van der Waals surface area contributed by atoms with E-state index in [0.29, 0.717) is 4.47 Å². The minimum Gasteiger partial charge on any atom is -0.272 e. The number of carbonyl (C=O) groups excluding carboxylic acids is 1. The third-order valence-electron chi connectivity index (χ3n) is 1.70. The molecule has 1 aromatic carbocycles. The Morgan fingerprint density at radius 3 is 2.12 bits per heavy atom. The Morgan fingerprint density at radius 2 is 1.76 bits per heavy atom. The van der Waals surface area contributed by atoms with Crippen LogP contribution in [-0.2, 0) is 14.5 Å². The zero-order valence-electron chi connectivity index (χ0n) is 8.49. The van der Waals surface area contributed by atoms with Gasteiger partial charge in [-0.1, -0.05) is 15.9 Å². The quantitative estimate of drug-likeness (QED) is 0.793. The van der Waals surface area contributed by atoms with Gasteiger partial charge in [0.2, 0.25) is 0 Å². The largest absolute Gasteiger partial charge is 0.484 e. The van der Waals surface area contributed by atoms with Crippen molar-refractivity contribution in [3.8, 4) is 0 Å². The maximum absolute atomic E-state index is 12.7. The Hall–Kier alpha value is -0.890. The van der Waals surface area contributed by atoms with E-state index in [-0.39, 0.29) is 0 Å². The molecule has 0 radical (unpaired) electrons. The fourth-order valence-electron chi connectivity index (χ4n) is 1.04. The molecule has 0 saturated carbocycles. The van der Waals surface area contributed by atoms with Crippen molar-refractivity contribution in [3.05, 3.63) is 28.7 Å². The van der Waals surface area contributed by atoms with Gasteiger partial charge in [-0.05, 0) is 24.3 Å². The van der Waals surface area contributed by atoms with Gasteiger partial charge in [0.15, 0.2) is 9.73 Å². The summed E-state index contributed by atoms with van der Waals surface area (Å²) in [5, 5.41) is 0. The molecule has 0 saturated heterocycles. The number of rotatable bonds is 1. The monoisotopic (exact) mass is 329 g/mol. The van der Waals surface area contributed by atoms with Gasteiger partial charge in [0.1, 0.15) is 0 Å². The molecule has 0 fully saturated rings. The van der Waals surface area contributed by atoms with Crippen LogP contribution in [0, 0.1) is 0 Å². The molecule has 1 amide bonds. The predicted molar refractivity (Wildman–Crippen MR) is 59.7 cm³/mol. The molecule has 0 N–H and O–H groups in total. The smallest absolute Gasteiger partial charge is 0.272 e. The molecule has 0 aliphatic rings. The summed E-state index contributed by atoms with van der Waals surface area (Å²) in [6.07, 6.45) is 0. The van der Waals surface area contributed by atoms with Crippen LogP contribution in [0.15, 0.2) is 38.0 Å². The number of alkyl halides is 3. The van der Waals surface area contributed by atoms with E-state index in [9.17, 15) is 22.2 Å². The highest BCUT2D eigenvalue weighted by Crippen LogP contribution is 2.33. The molecule has 0 aliphatic carbocycles. The van der Waals surface area contributed by atoms with E-state index in [2.05, 4.69) is 20.3 Å². The highest BCUT2D eigenvalue weighted by molar-refractivity contribution is 9.10. The van der Waals surface area contributed by atoms with Gasteiger partial charge in [0, 0.05) is 11.4 Å². The summed E-state index contributed by atoms with van der Waals surface area (Å²) in [6.45, 7) is 0.824. The van der Waals surface area contributed by atoms with E-state index >= 15 is 0 Å². The second-order valence-electron chi connectivity index (χ2n) is 3.04. The number of amides is 1. The first-order valence-electron chi connectivity index (χ1n) is 4.26. The molecule has 3 nitrogen and oxygen atoms in total. The average molecular weight is 330 g/mol. The third-order valence-corrected chi connectivity index (χ3v) is 4.29. The van der Waals surface area contributed by atoms with E-state index in [1.807, 2.05) is 0 Å². The standard InChI is InChI=1S/C9H7BrF3NO2S/c1-6(15)14-17(16,9(11,12)13)8-4-2-7(10)3-5-8/h2-5H,1H3. The fraction of sp³-hybridized carbons (Fsp3) is 0.222. The molecule has 0 spiro atoms. The molecular formula is C9H7BrF3NO2S. The average Bonchev–Trinajstić information content (AvgIpc) is 2.15. The fourth-order valence-corrected chi connectivity index (χ4v) is 2.65. The minimum atomic E-state index is -5.09. The Labute approximate surface area is 104 Å². The van der Waals surface area contributed by atoms with Gasteiger partial charge >= 0.3 is 5.51 Å². The van der Waals surface area contributed by atoms with Crippen LogP contribution in [0.2, 0.25) is 0 Å². The summed E-state index contributed by atoms with van der Waals surface area (Å²) in [4.78, 5) is 10.2. The van der Waals surface area contributed by atoms with Crippen LogP contribution >= 0.6 is 15.9 Å². The molecule has 1 rings (SSSR count). The normalized spacial score (nSPS) is 15.1. The van der Waals surface area contributed by atoms with Crippen LogP contribution in [0.25, 0.3) is 0 Å². The molecule has 0 bridgehead atoms. The lowest BCUT2D eigenvalue weighted by molar-refractivity contribution is -0.115. The highest BCUT2D eigenvalue weighted by Gasteiger charge is 2.45. The molecule has 8 heteroatoms. The predicted octanol–water partition coefficient (Wildman–Crippen LogP) is 3.34. The molecule has 1 atom stereocenters. The molecule has 0 aliphatic heterocycles. The van der Waals surface area contributed by atoms with E-state index in [1.165, 1.54) is 12.1 Å². The van der Waals surface area contributed by atoms with Crippen molar-refractivity contribution >= 4 is 31.6 Å². The molecule has 1 unspecified atom stereocenters. The molecule has 17 heavy (non-hydrogen) atoms. The Bertz CT molecular complexity index is 544. The van der Waals surface area contributed by atoms with Crippen LogP contribution in [0.1, 0.15) is 6.92 Å². The van der Waals surface area contributed by atoms with Crippen LogP contribution in [0.4, 0.5) is 13.2 Å². The lowest BCUT2D eigenvalue weighted by atomic mass is 10.4. The Kier molecular flexibility index (Phi) is 3.98. The Morgan fingerprint density at radius 1 is 1.29 bits per heavy atom. The van der Waals surface area contributed by atoms with Gasteiger partial charge in [-0.3, -0.25) is 4.79 Å². The van der Waals surface area contributed by atoms with Gasteiger partial charge < -0.3 is 0 Å². The number of carbonyl (C=O) groups is 1. The van der Waals surface area contributed by atoms with Crippen LogP contribution in [0.3, 0.4) is 0 Å². The molecular weight excluding hydrogens is 323 g/mol. The first-order valence-corrected chi connectivity index (χ1v) is 6.57. The number of hydrogen-bond acceptors (Lipinski definition) is 2. The highest BCUT2D eigenvalue weighted by atomic mass is 79.9. The lowest BCUT2D eigenvalue weighted by Crippen LogP contribution is -2.24. The first-order chi connectivity index (χ1) is 7.67. The Balaban J connectivity index is 3.52. The van der Waals surface area contributed by atoms with Crippen molar-refractivity contribution in [1.82, 2.24) is 0 Å². The van der Waals surface area contributed by atoms with Crippen LogP contribution in [0.5, 0.6) is 0 Å². The summed E-state index contributed by atoms with van der Waals surface area (Å²) >= 11 is 3.04. The minimum absolute atomic E-state index is 0.535. The van der Waals surface area contributed by atoms with E-state index in [4.69, 9.17) is 0 Å². The van der Waals surface area contributed by atoms with Crippen molar-refractivity contribution in [2.75, 3.05) is 0 Å². The topological polar surface area (TPSA) is 46.5 Å². The summed E-state index contributed by atoms with van der Waals surface area (Å²) < 4.78 is 53.2. The number of nitrogens with zero attached hydrogens (tertiary/aromatic N) is 1. The summed E-state index contributed by atoms with van der Waals surface area (Å²) in [6, 6.07) is 4.64. The van der Waals surface area contributed by atoms with Crippen LogP contribution in [-0.4, -0.2) is 15.6 Å². The van der Waals surface area contributed by atoms with E-state index < -0.39 is 26.0 Å². The second-order valence-corrected chi connectivity index (χ2v) is 6.12. The zero-order valence-corrected chi connectivity index (χ0v) is 10.9. The summed E-state index contributed by atoms with van der Waals surface area (Å²) in [5.41, 5.74) is -5.09. The van der Waals surface area contributed by atoms with Crippen molar-refractivity contribution < 1.29 is 22.2 Å². The van der Waals surface area contributed by atoms with E-state index in [1.54, 1.807) is 0 Å². The maximum Gasteiger partial charge on any atom is 0.484 e. The second kappa shape index (κ2) is 4.77. The van der Waals surface area contributed by atoms with Gasteiger partial charge in [0.05, 0.1) is 4.90 Å². The van der Waals surface area contributed by atoms with Crippen molar-refractivity contribution in [1.29, 1.82) is 0 Å². The summed E-state index contributed by atoms with van der Waals surface area (Å²) in [7, 11) is -4.75. The van der Waals surface area contributed by atoms with Gasteiger partial charge in [-0.25, -0.2) is 4.21 Å². The molecule has 0 aromatic heterocycles. The number of benzene rings is 1. The summed E-state index contributed by atoms with van der Waals surface area (Å²) in [5.74, 6) is -1.13. The third kappa shape index (κ3) is 3.06. The number of hydrogen-bond donors (Lipinski definition) is 0. The van der Waals surface area contributed by atoms with Gasteiger partial charge in [-0.15, -0.1) is 0 Å². The number of halogens is 4.